The number of hydrogen-bond acceptors (Lipinski definition) is 6. The predicted octanol–water partition coefficient (Wildman–Crippen LogP) is 3.40. The molecular weight excluding hydrogens is 460 g/mol. The largest absolute Gasteiger partial charge is 0.493 e. The molecule has 3 N–H and O–H groups in total. The maximum atomic E-state index is 13.2. The minimum atomic E-state index is -0.689. The van der Waals surface area contributed by atoms with Crippen molar-refractivity contribution in [3.63, 3.8) is 0 Å². The third-order valence-electron chi connectivity index (χ3n) is 5.83. The Hall–Kier alpha value is -4.66. The van der Waals surface area contributed by atoms with E-state index in [1.54, 1.807) is 43.5 Å². The van der Waals surface area contributed by atoms with Crippen molar-refractivity contribution in [1.29, 1.82) is 0 Å². The first-order chi connectivity index (χ1) is 17.3. The smallest absolute Gasteiger partial charge is 0.238 e. The van der Waals surface area contributed by atoms with Crippen LogP contribution in [0.5, 0.6) is 11.5 Å². The summed E-state index contributed by atoms with van der Waals surface area (Å²) >= 11 is 0. The fourth-order valence-electron chi connectivity index (χ4n) is 4.15. The van der Waals surface area contributed by atoms with Gasteiger partial charge in [0, 0.05) is 24.4 Å². The first kappa shape index (κ1) is 24.5. The summed E-state index contributed by atoms with van der Waals surface area (Å²) in [5.41, 5.74) is 9.05. The van der Waals surface area contributed by atoms with Crippen molar-refractivity contribution in [3.05, 3.63) is 77.9 Å². The van der Waals surface area contributed by atoms with Crippen LogP contribution < -0.4 is 25.4 Å². The molecule has 9 nitrogen and oxygen atoms in total. The van der Waals surface area contributed by atoms with E-state index in [1.807, 2.05) is 30.3 Å². The predicted molar refractivity (Wildman–Crippen MR) is 137 cm³/mol. The highest BCUT2D eigenvalue weighted by molar-refractivity contribution is 6.24. The average Bonchev–Trinajstić information content (AvgIpc) is 3.19. The molecule has 0 saturated carbocycles. The van der Waals surface area contributed by atoms with Gasteiger partial charge in [-0.2, -0.15) is 0 Å². The molecule has 0 fully saturated rings. The van der Waals surface area contributed by atoms with Gasteiger partial charge in [0.2, 0.25) is 17.7 Å². The number of ether oxygens (including phenoxy) is 2. The number of nitrogens with two attached hydrogens (primary N) is 1. The molecule has 1 aliphatic rings. The van der Waals surface area contributed by atoms with Crippen molar-refractivity contribution in [2.75, 3.05) is 31.0 Å². The van der Waals surface area contributed by atoms with Crippen molar-refractivity contribution in [3.8, 4) is 11.5 Å². The van der Waals surface area contributed by atoms with Crippen LogP contribution in [0.15, 0.2) is 71.7 Å². The standard InChI is InChI=1S/C27H26N4O5/c1-16(32)31(15-24(28)33)19-11-9-18(10-12-19)29-26(17-7-5-4-6-8-17)25-20-13-22(35-2)23(36-3)14-21(20)30-27(25)34/h4-14,25H,15H2,1-3H3,(H2,28,33)(H,30,34). The number of rotatable bonds is 8. The summed E-state index contributed by atoms with van der Waals surface area (Å²) in [6.45, 7) is 1.14. The normalized spacial score (nSPS) is 14.6. The van der Waals surface area contributed by atoms with Gasteiger partial charge in [0.25, 0.3) is 0 Å². The molecule has 9 heteroatoms. The summed E-state index contributed by atoms with van der Waals surface area (Å²) < 4.78 is 10.8. The first-order valence-corrected chi connectivity index (χ1v) is 11.2. The number of aliphatic imine (C=N–C) groups is 1. The van der Waals surface area contributed by atoms with Crippen molar-refractivity contribution in [2.45, 2.75) is 12.8 Å². The van der Waals surface area contributed by atoms with Crippen molar-refractivity contribution in [2.24, 2.45) is 10.7 Å². The van der Waals surface area contributed by atoms with E-state index in [0.717, 1.165) is 11.1 Å². The van der Waals surface area contributed by atoms with Gasteiger partial charge in [-0.25, -0.2) is 0 Å². The second-order valence-corrected chi connectivity index (χ2v) is 8.17. The molecule has 0 spiro atoms. The van der Waals surface area contributed by atoms with Crippen LogP contribution >= 0.6 is 0 Å². The van der Waals surface area contributed by atoms with Crippen LogP contribution in [0, 0.1) is 0 Å². The lowest BCUT2D eigenvalue weighted by Gasteiger charge is -2.19. The number of fused-ring (bicyclic) bond motifs is 1. The minimum Gasteiger partial charge on any atom is -0.493 e. The van der Waals surface area contributed by atoms with Crippen LogP contribution in [-0.2, 0) is 14.4 Å². The number of carbonyl (C=O) groups excluding carboxylic acids is 3. The molecule has 1 aliphatic heterocycles. The SMILES string of the molecule is COc1cc2c(cc1OC)C(C(=Nc1ccc(N(CC(N)=O)C(C)=O)cc1)c1ccccc1)C(=O)N2. The van der Waals surface area contributed by atoms with Crippen LogP contribution in [0.25, 0.3) is 0 Å². The number of carbonyl (C=O) groups is 3. The Morgan fingerprint density at radius 2 is 1.64 bits per heavy atom. The summed E-state index contributed by atoms with van der Waals surface area (Å²) in [5.74, 6) is -0.810. The molecule has 0 aromatic heterocycles. The van der Waals surface area contributed by atoms with E-state index in [0.29, 0.717) is 34.3 Å². The zero-order valence-electron chi connectivity index (χ0n) is 20.1. The summed E-state index contributed by atoms with van der Waals surface area (Å²) in [5, 5.41) is 2.92. The van der Waals surface area contributed by atoms with E-state index in [-0.39, 0.29) is 18.4 Å². The van der Waals surface area contributed by atoms with Crippen LogP contribution in [-0.4, -0.2) is 44.2 Å². The Bertz CT molecular complexity index is 1340. The zero-order chi connectivity index (χ0) is 25.8. The van der Waals surface area contributed by atoms with E-state index in [9.17, 15) is 14.4 Å². The van der Waals surface area contributed by atoms with Crippen molar-refractivity contribution < 1.29 is 23.9 Å². The van der Waals surface area contributed by atoms with E-state index < -0.39 is 11.8 Å². The molecule has 3 aromatic carbocycles. The summed E-state index contributed by atoms with van der Waals surface area (Å²) in [6.07, 6.45) is 0. The molecular formula is C27H26N4O5. The van der Waals surface area contributed by atoms with Gasteiger partial charge in [0.05, 0.1) is 25.6 Å². The quantitative estimate of drug-likeness (QED) is 0.473. The number of anilines is 2. The van der Waals surface area contributed by atoms with Crippen molar-refractivity contribution in [1.82, 2.24) is 0 Å². The second kappa shape index (κ2) is 10.3. The lowest BCUT2D eigenvalue weighted by molar-refractivity contribution is -0.121. The highest BCUT2D eigenvalue weighted by atomic mass is 16.5. The molecule has 0 radical (unpaired) electrons. The van der Waals surface area contributed by atoms with E-state index in [4.69, 9.17) is 20.2 Å². The topological polar surface area (TPSA) is 123 Å². The van der Waals surface area contributed by atoms with Gasteiger partial charge in [-0.1, -0.05) is 30.3 Å². The molecule has 0 bridgehead atoms. The lowest BCUT2D eigenvalue weighted by Crippen LogP contribution is -2.37. The molecule has 0 saturated heterocycles. The summed E-state index contributed by atoms with van der Waals surface area (Å²) in [6, 6.07) is 19.8. The Labute approximate surface area is 208 Å². The van der Waals surface area contributed by atoms with Gasteiger partial charge in [-0.3, -0.25) is 19.4 Å². The summed E-state index contributed by atoms with van der Waals surface area (Å²) in [4.78, 5) is 42.7. The molecule has 3 amide bonds. The number of primary amides is 1. The molecule has 1 atom stereocenters. The second-order valence-electron chi connectivity index (χ2n) is 8.17. The van der Waals surface area contributed by atoms with Gasteiger partial charge in [0.1, 0.15) is 12.5 Å². The Morgan fingerprint density at radius 3 is 2.22 bits per heavy atom. The number of nitrogens with zero attached hydrogens (tertiary/aromatic N) is 2. The highest BCUT2D eigenvalue weighted by Gasteiger charge is 2.36. The highest BCUT2D eigenvalue weighted by Crippen LogP contribution is 2.42. The van der Waals surface area contributed by atoms with E-state index >= 15 is 0 Å². The lowest BCUT2D eigenvalue weighted by atomic mass is 9.90. The van der Waals surface area contributed by atoms with Crippen LogP contribution in [0.3, 0.4) is 0 Å². The Kier molecular flexibility index (Phi) is 7.00. The van der Waals surface area contributed by atoms with E-state index in [1.165, 1.54) is 18.9 Å². The third kappa shape index (κ3) is 4.90. The average molecular weight is 487 g/mol. The fourth-order valence-corrected chi connectivity index (χ4v) is 4.15. The van der Waals surface area contributed by atoms with E-state index in [2.05, 4.69) is 5.32 Å². The Balaban J connectivity index is 1.79. The zero-order valence-corrected chi connectivity index (χ0v) is 20.1. The third-order valence-corrected chi connectivity index (χ3v) is 5.83. The molecule has 184 valence electrons. The molecule has 4 rings (SSSR count). The van der Waals surface area contributed by atoms with Gasteiger partial charge < -0.3 is 25.4 Å². The van der Waals surface area contributed by atoms with Gasteiger partial charge in [-0.05, 0) is 41.5 Å². The first-order valence-electron chi connectivity index (χ1n) is 11.2. The maximum Gasteiger partial charge on any atom is 0.238 e. The van der Waals surface area contributed by atoms with Gasteiger partial charge in [-0.15, -0.1) is 0 Å². The van der Waals surface area contributed by atoms with Gasteiger partial charge in [0.15, 0.2) is 11.5 Å². The number of hydrogen-bond donors (Lipinski definition) is 2. The van der Waals surface area contributed by atoms with Gasteiger partial charge >= 0.3 is 0 Å². The number of nitrogens with one attached hydrogen (secondary N) is 1. The van der Waals surface area contributed by atoms with Crippen LogP contribution in [0.1, 0.15) is 24.0 Å². The maximum absolute atomic E-state index is 13.2. The van der Waals surface area contributed by atoms with Crippen LogP contribution in [0.2, 0.25) is 0 Å². The summed E-state index contributed by atoms with van der Waals surface area (Å²) in [7, 11) is 3.08. The fraction of sp³-hybridized carbons (Fsp3) is 0.185. The van der Waals surface area contributed by atoms with Crippen molar-refractivity contribution >= 4 is 40.5 Å². The number of amides is 3. The molecule has 1 heterocycles. The monoisotopic (exact) mass is 486 g/mol. The minimum absolute atomic E-state index is 0.219. The molecule has 0 aliphatic carbocycles. The molecule has 1 unspecified atom stereocenters. The molecule has 36 heavy (non-hydrogen) atoms. The Morgan fingerprint density at radius 1 is 1.00 bits per heavy atom. The molecule has 3 aromatic rings. The van der Waals surface area contributed by atoms with Crippen LogP contribution in [0.4, 0.5) is 17.1 Å². The number of benzene rings is 3. The number of methoxy groups -OCH3 is 2.